The molecular weight excluding hydrogens is 280 g/mol. The number of hydrogen-bond acceptors (Lipinski definition) is 4. The van der Waals surface area contributed by atoms with Crippen molar-refractivity contribution in [3.8, 4) is 5.75 Å². The molecule has 2 amide bonds. The predicted octanol–water partition coefficient (Wildman–Crippen LogP) is 1.84. The zero-order valence-electron chi connectivity index (χ0n) is 12.2. The Morgan fingerprint density at radius 3 is 2.23 bits per heavy atom. The van der Waals surface area contributed by atoms with Gasteiger partial charge >= 0.3 is 0 Å². The molecule has 4 atom stereocenters. The average Bonchev–Trinajstić information content (AvgIpc) is 3.21. The number of allylic oxidation sites excluding steroid dienone is 2. The van der Waals surface area contributed by atoms with Gasteiger partial charge in [0.25, 0.3) is 11.8 Å². The van der Waals surface area contributed by atoms with Crippen molar-refractivity contribution in [1.82, 2.24) is 5.01 Å². The van der Waals surface area contributed by atoms with Gasteiger partial charge in [-0.1, -0.05) is 12.2 Å². The molecule has 2 fully saturated rings. The third-order valence-corrected chi connectivity index (χ3v) is 4.89. The van der Waals surface area contributed by atoms with Gasteiger partial charge in [-0.05, 0) is 48.1 Å². The van der Waals surface area contributed by atoms with Gasteiger partial charge in [0.2, 0.25) is 0 Å². The van der Waals surface area contributed by atoms with E-state index in [0.717, 1.165) is 22.7 Å². The minimum atomic E-state index is -0.199. The van der Waals surface area contributed by atoms with Crippen LogP contribution in [0.3, 0.4) is 0 Å². The van der Waals surface area contributed by atoms with E-state index in [0.29, 0.717) is 0 Å². The molecule has 3 aliphatic rings. The molecule has 2 aliphatic carbocycles. The summed E-state index contributed by atoms with van der Waals surface area (Å²) in [6.07, 6.45) is 6.63. The van der Waals surface area contributed by atoms with Crippen LogP contribution in [0.25, 0.3) is 0 Å². The molecule has 0 spiro atoms. The van der Waals surface area contributed by atoms with Crippen LogP contribution in [0.5, 0.6) is 5.75 Å². The Morgan fingerprint density at radius 2 is 1.68 bits per heavy atom. The minimum absolute atomic E-state index is 0.156. The summed E-state index contributed by atoms with van der Waals surface area (Å²) in [5.41, 5.74) is 0.819. The van der Waals surface area contributed by atoms with Crippen molar-refractivity contribution in [2.75, 3.05) is 7.11 Å². The molecule has 112 valence electrons. The number of amides is 2. The molecule has 1 aliphatic heterocycles. The van der Waals surface area contributed by atoms with Crippen LogP contribution in [0, 0.1) is 23.7 Å². The second-order valence-electron chi connectivity index (χ2n) is 6.01. The van der Waals surface area contributed by atoms with Gasteiger partial charge in [0.15, 0.2) is 0 Å². The Hall–Kier alpha value is -2.43. The molecule has 5 nitrogen and oxygen atoms in total. The number of carbonyl (C=O) groups excluding carboxylic acids is 2. The normalized spacial score (nSPS) is 32.3. The largest absolute Gasteiger partial charge is 0.497 e. The van der Waals surface area contributed by atoms with E-state index in [1.165, 1.54) is 0 Å². The summed E-state index contributed by atoms with van der Waals surface area (Å²) in [6, 6.07) is 7.29. The second kappa shape index (κ2) is 4.80. The number of hydrazone groups is 1. The third kappa shape index (κ3) is 1.81. The number of fused-ring (bicyclic) bond motifs is 5. The Morgan fingerprint density at radius 1 is 1.09 bits per heavy atom. The maximum Gasteiger partial charge on any atom is 0.254 e. The number of hydrogen-bond donors (Lipinski definition) is 0. The van der Waals surface area contributed by atoms with Crippen LogP contribution in [-0.2, 0) is 9.59 Å². The third-order valence-electron chi connectivity index (χ3n) is 4.89. The highest BCUT2D eigenvalue weighted by atomic mass is 16.5. The van der Waals surface area contributed by atoms with Gasteiger partial charge in [0.1, 0.15) is 5.75 Å². The number of carbonyl (C=O) groups is 2. The van der Waals surface area contributed by atoms with Gasteiger partial charge in [-0.2, -0.15) is 10.1 Å². The lowest BCUT2D eigenvalue weighted by atomic mass is 9.85. The van der Waals surface area contributed by atoms with Crippen molar-refractivity contribution in [3.05, 3.63) is 42.0 Å². The van der Waals surface area contributed by atoms with E-state index in [9.17, 15) is 9.59 Å². The van der Waals surface area contributed by atoms with Crippen LogP contribution in [0.1, 0.15) is 12.0 Å². The first-order valence-electron chi connectivity index (χ1n) is 7.43. The van der Waals surface area contributed by atoms with E-state index in [-0.39, 0.29) is 35.5 Å². The van der Waals surface area contributed by atoms with E-state index in [1.54, 1.807) is 13.3 Å². The molecule has 22 heavy (non-hydrogen) atoms. The highest BCUT2D eigenvalue weighted by Gasteiger charge is 2.59. The summed E-state index contributed by atoms with van der Waals surface area (Å²) in [5, 5.41) is 5.19. The summed E-state index contributed by atoms with van der Waals surface area (Å²) >= 11 is 0. The van der Waals surface area contributed by atoms with Gasteiger partial charge in [0.05, 0.1) is 25.2 Å². The number of benzene rings is 1. The Kier molecular flexibility index (Phi) is 2.89. The first kappa shape index (κ1) is 13.2. The first-order chi connectivity index (χ1) is 10.7. The van der Waals surface area contributed by atoms with Crippen LogP contribution >= 0.6 is 0 Å². The Balaban J connectivity index is 1.55. The van der Waals surface area contributed by atoms with Crippen molar-refractivity contribution in [2.24, 2.45) is 28.8 Å². The Bertz CT molecular complexity index is 662. The molecular formula is C17H16N2O3. The standard InChI is InChI=1S/C17H16N2O3/c1-22-13-6-2-10(3-7-13)9-18-19-16(20)14-11-4-5-12(8-11)15(14)17(19)21/h2-7,9,11-12,14-15H,8H2,1H3/b18-9-/t11-,12-,14-,15-/m0/s1. The zero-order valence-corrected chi connectivity index (χ0v) is 12.2. The quantitative estimate of drug-likeness (QED) is 0.486. The van der Waals surface area contributed by atoms with Crippen molar-refractivity contribution in [1.29, 1.82) is 0 Å². The van der Waals surface area contributed by atoms with E-state index >= 15 is 0 Å². The lowest BCUT2D eigenvalue weighted by Gasteiger charge is -2.13. The monoisotopic (exact) mass is 296 g/mol. The van der Waals surface area contributed by atoms with Crippen LogP contribution in [0.15, 0.2) is 41.5 Å². The smallest absolute Gasteiger partial charge is 0.254 e. The maximum absolute atomic E-state index is 12.4. The molecule has 4 rings (SSSR count). The number of imide groups is 1. The number of methoxy groups -OCH3 is 1. The molecule has 0 aromatic heterocycles. The molecule has 0 unspecified atom stereocenters. The average molecular weight is 296 g/mol. The molecule has 1 saturated heterocycles. The molecule has 1 aromatic carbocycles. The topological polar surface area (TPSA) is 59.0 Å². The fourth-order valence-electron chi connectivity index (χ4n) is 3.81. The van der Waals surface area contributed by atoms with Crippen molar-refractivity contribution < 1.29 is 14.3 Å². The predicted molar refractivity (Wildman–Crippen MR) is 80.2 cm³/mol. The molecule has 1 saturated carbocycles. The van der Waals surface area contributed by atoms with Crippen LogP contribution in [0.4, 0.5) is 0 Å². The molecule has 5 heteroatoms. The van der Waals surface area contributed by atoms with E-state index in [1.807, 2.05) is 24.3 Å². The van der Waals surface area contributed by atoms with Crippen LogP contribution in [0.2, 0.25) is 0 Å². The molecule has 0 N–H and O–H groups in total. The van der Waals surface area contributed by atoms with Gasteiger partial charge in [-0.15, -0.1) is 0 Å². The number of ether oxygens (including phenoxy) is 1. The molecule has 2 bridgehead atoms. The van der Waals surface area contributed by atoms with Gasteiger partial charge in [0, 0.05) is 0 Å². The zero-order chi connectivity index (χ0) is 15.3. The highest BCUT2D eigenvalue weighted by Crippen LogP contribution is 2.52. The summed E-state index contributed by atoms with van der Waals surface area (Å²) in [7, 11) is 1.60. The fraction of sp³-hybridized carbons (Fsp3) is 0.353. The molecule has 1 heterocycles. The maximum atomic E-state index is 12.4. The van der Waals surface area contributed by atoms with Crippen molar-refractivity contribution in [3.63, 3.8) is 0 Å². The van der Waals surface area contributed by atoms with Crippen molar-refractivity contribution >= 4 is 18.0 Å². The van der Waals surface area contributed by atoms with Crippen molar-refractivity contribution in [2.45, 2.75) is 6.42 Å². The number of nitrogens with zero attached hydrogens (tertiary/aromatic N) is 2. The minimum Gasteiger partial charge on any atom is -0.497 e. The fourth-order valence-corrected chi connectivity index (χ4v) is 3.81. The lowest BCUT2D eigenvalue weighted by Crippen LogP contribution is -2.28. The second-order valence-corrected chi connectivity index (χ2v) is 6.01. The highest BCUT2D eigenvalue weighted by molar-refractivity contribution is 6.06. The summed E-state index contributed by atoms with van der Waals surface area (Å²) in [5.74, 6) is 0.474. The molecule has 1 aromatic rings. The Labute approximate surface area is 128 Å². The summed E-state index contributed by atoms with van der Waals surface area (Å²) < 4.78 is 5.09. The molecule has 0 radical (unpaired) electrons. The van der Waals surface area contributed by atoms with E-state index < -0.39 is 0 Å². The SMILES string of the molecule is COc1ccc(/C=N\N2C(=O)[C@@H]3[C@@H](C2=O)[C@H]2C=C[C@H]3C2)cc1. The van der Waals surface area contributed by atoms with Crippen LogP contribution < -0.4 is 4.74 Å². The summed E-state index contributed by atoms with van der Waals surface area (Å²) in [6.45, 7) is 0. The number of rotatable bonds is 3. The van der Waals surface area contributed by atoms with Gasteiger partial charge in [-0.3, -0.25) is 9.59 Å². The lowest BCUT2D eigenvalue weighted by molar-refractivity contribution is -0.140. The van der Waals surface area contributed by atoms with E-state index in [4.69, 9.17) is 4.74 Å². The first-order valence-corrected chi connectivity index (χ1v) is 7.43. The van der Waals surface area contributed by atoms with Crippen LogP contribution in [-0.4, -0.2) is 30.1 Å². The summed E-state index contributed by atoms with van der Waals surface area (Å²) in [4.78, 5) is 24.9. The van der Waals surface area contributed by atoms with Gasteiger partial charge < -0.3 is 4.74 Å². The van der Waals surface area contributed by atoms with E-state index in [2.05, 4.69) is 17.3 Å². The van der Waals surface area contributed by atoms with Gasteiger partial charge in [-0.25, -0.2) is 0 Å².